The molecular formula is C18H21N3O2. The molecule has 2 amide bonds. The standard InChI is InChI=1S/C18H21N3O2/c1-12-4-13(2)6-14(5-12)11-21-17(22)8-16(18(21)23)7-15-9-19-20(3)10-15/h4-6,9-10,16H,7-8,11H2,1-3H3/t16-/m1/s1. The Morgan fingerprint density at radius 2 is 1.83 bits per heavy atom. The maximum absolute atomic E-state index is 12.6. The molecule has 1 aliphatic rings. The maximum atomic E-state index is 12.6. The molecule has 0 aliphatic carbocycles. The van der Waals surface area contributed by atoms with E-state index in [1.54, 1.807) is 10.9 Å². The van der Waals surface area contributed by atoms with Crippen molar-refractivity contribution in [2.24, 2.45) is 13.0 Å². The van der Waals surface area contributed by atoms with Gasteiger partial charge in [-0.3, -0.25) is 19.2 Å². The van der Waals surface area contributed by atoms with Crippen LogP contribution in [0.3, 0.4) is 0 Å². The van der Waals surface area contributed by atoms with E-state index in [0.29, 0.717) is 19.4 Å². The van der Waals surface area contributed by atoms with Gasteiger partial charge in [-0.2, -0.15) is 5.10 Å². The van der Waals surface area contributed by atoms with E-state index in [1.165, 1.54) is 4.90 Å². The molecule has 2 heterocycles. The minimum atomic E-state index is -0.266. The Kier molecular flexibility index (Phi) is 4.03. The van der Waals surface area contributed by atoms with Crippen LogP contribution in [0.25, 0.3) is 0 Å². The fourth-order valence-corrected chi connectivity index (χ4v) is 3.28. The average molecular weight is 311 g/mol. The van der Waals surface area contributed by atoms with Gasteiger partial charge in [0.15, 0.2) is 0 Å². The molecule has 1 aromatic carbocycles. The number of carbonyl (C=O) groups is 2. The molecule has 0 N–H and O–H groups in total. The van der Waals surface area contributed by atoms with Crippen molar-refractivity contribution in [3.8, 4) is 0 Å². The molecule has 23 heavy (non-hydrogen) atoms. The summed E-state index contributed by atoms with van der Waals surface area (Å²) >= 11 is 0. The molecule has 0 unspecified atom stereocenters. The first-order valence-electron chi connectivity index (χ1n) is 7.81. The van der Waals surface area contributed by atoms with Crippen molar-refractivity contribution in [1.82, 2.24) is 14.7 Å². The van der Waals surface area contributed by atoms with Gasteiger partial charge in [0, 0.05) is 19.7 Å². The zero-order valence-electron chi connectivity index (χ0n) is 13.7. The van der Waals surface area contributed by atoms with Crippen molar-refractivity contribution in [3.63, 3.8) is 0 Å². The van der Waals surface area contributed by atoms with E-state index in [2.05, 4.69) is 11.2 Å². The average Bonchev–Trinajstić information content (AvgIpc) is 2.97. The molecular weight excluding hydrogens is 290 g/mol. The molecule has 5 heteroatoms. The van der Waals surface area contributed by atoms with Gasteiger partial charge in [-0.25, -0.2) is 0 Å². The lowest BCUT2D eigenvalue weighted by molar-refractivity contribution is -0.140. The van der Waals surface area contributed by atoms with Gasteiger partial charge in [0.1, 0.15) is 0 Å². The van der Waals surface area contributed by atoms with Gasteiger partial charge >= 0.3 is 0 Å². The first kappa shape index (κ1) is 15.5. The molecule has 3 rings (SSSR count). The SMILES string of the molecule is Cc1cc(C)cc(CN2C(=O)C[C@@H](Cc3cnn(C)c3)C2=O)c1. The Balaban J connectivity index is 1.73. The van der Waals surface area contributed by atoms with E-state index < -0.39 is 0 Å². The van der Waals surface area contributed by atoms with E-state index in [0.717, 1.165) is 22.3 Å². The highest BCUT2D eigenvalue weighted by Gasteiger charge is 2.38. The normalized spacial score (nSPS) is 18.0. The predicted molar refractivity (Wildman–Crippen MR) is 86.5 cm³/mol. The van der Waals surface area contributed by atoms with Gasteiger partial charge in [0.2, 0.25) is 11.8 Å². The van der Waals surface area contributed by atoms with Crippen molar-refractivity contribution in [1.29, 1.82) is 0 Å². The van der Waals surface area contributed by atoms with Crippen LogP contribution in [0.1, 0.15) is 28.7 Å². The molecule has 5 nitrogen and oxygen atoms in total. The number of benzene rings is 1. The fraction of sp³-hybridized carbons (Fsp3) is 0.389. The van der Waals surface area contributed by atoms with Crippen LogP contribution < -0.4 is 0 Å². The summed E-state index contributed by atoms with van der Waals surface area (Å²) in [7, 11) is 1.84. The van der Waals surface area contributed by atoms with Crippen molar-refractivity contribution >= 4 is 11.8 Å². The Morgan fingerprint density at radius 3 is 2.43 bits per heavy atom. The van der Waals surface area contributed by atoms with E-state index >= 15 is 0 Å². The van der Waals surface area contributed by atoms with Crippen molar-refractivity contribution in [2.75, 3.05) is 0 Å². The molecule has 120 valence electrons. The number of imide groups is 1. The second kappa shape index (κ2) is 5.99. The molecule has 1 aromatic heterocycles. The number of rotatable bonds is 4. The lowest BCUT2D eigenvalue weighted by Gasteiger charge is -2.16. The summed E-state index contributed by atoms with van der Waals surface area (Å²) in [5.74, 6) is -0.418. The third-order valence-electron chi connectivity index (χ3n) is 4.20. The zero-order chi connectivity index (χ0) is 16.6. The smallest absolute Gasteiger partial charge is 0.233 e. The van der Waals surface area contributed by atoms with Gasteiger partial charge in [-0.05, 0) is 31.4 Å². The lowest BCUT2D eigenvalue weighted by Crippen LogP contribution is -2.30. The Bertz CT molecular complexity index is 743. The van der Waals surface area contributed by atoms with Crippen LogP contribution >= 0.6 is 0 Å². The van der Waals surface area contributed by atoms with Gasteiger partial charge in [0.05, 0.1) is 18.7 Å². The largest absolute Gasteiger partial charge is 0.278 e. The number of carbonyl (C=O) groups excluding carboxylic acids is 2. The molecule has 0 bridgehead atoms. The first-order valence-corrected chi connectivity index (χ1v) is 7.81. The molecule has 0 spiro atoms. The van der Waals surface area contributed by atoms with Crippen LogP contribution in [0.15, 0.2) is 30.6 Å². The number of hydrogen-bond donors (Lipinski definition) is 0. The molecule has 1 fully saturated rings. The predicted octanol–water partition coefficient (Wildman–Crippen LogP) is 2.15. The van der Waals surface area contributed by atoms with Crippen LogP contribution in [0.4, 0.5) is 0 Å². The van der Waals surface area contributed by atoms with E-state index in [9.17, 15) is 9.59 Å². The second-order valence-corrected chi connectivity index (χ2v) is 6.44. The minimum Gasteiger partial charge on any atom is -0.278 e. The van der Waals surface area contributed by atoms with Crippen LogP contribution in [0.5, 0.6) is 0 Å². The summed E-state index contributed by atoms with van der Waals surface area (Å²) in [6.45, 7) is 4.41. The van der Waals surface area contributed by atoms with Crippen LogP contribution in [0, 0.1) is 19.8 Å². The van der Waals surface area contributed by atoms with Gasteiger partial charge in [-0.1, -0.05) is 29.3 Å². The molecule has 0 radical (unpaired) electrons. The Hall–Kier alpha value is -2.43. The molecule has 1 aliphatic heterocycles. The molecule has 1 saturated heterocycles. The van der Waals surface area contributed by atoms with Crippen molar-refractivity contribution in [2.45, 2.75) is 33.2 Å². The van der Waals surface area contributed by atoms with Crippen molar-refractivity contribution < 1.29 is 9.59 Å². The summed E-state index contributed by atoms with van der Waals surface area (Å²) in [6, 6.07) is 6.15. The number of nitrogens with zero attached hydrogens (tertiary/aromatic N) is 3. The monoisotopic (exact) mass is 311 g/mol. The van der Waals surface area contributed by atoms with Crippen LogP contribution in [0.2, 0.25) is 0 Å². The number of aromatic nitrogens is 2. The highest BCUT2D eigenvalue weighted by molar-refractivity contribution is 6.03. The quantitative estimate of drug-likeness (QED) is 0.813. The number of likely N-dealkylation sites (tertiary alicyclic amines) is 1. The summed E-state index contributed by atoms with van der Waals surface area (Å²) in [4.78, 5) is 26.2. The maximum Gasteiger partial charge on any atom is 0.233 e. The molecule has 2 aromatic rings. The van der Waals surface area contributed by atoms with Gasteiger partial charge < -0.3 is 0 Å². The number of aryl methyl sites for hydroxylation is 3. The highest BCUT2D eigenvalue weighted by Crippen LogP contribution is 2.25. The lowest BCUT2D eigenvalue weighted by atomic mass is 10.0. The van der Waals surface area contributed by atoms with Gasteiger partial charge in [0.25, 0.3) is 0 Å². The highest BCUT2D eigenvalue weighted by atomic mass is 16.2. The van der Waals surface area contributed by atoms with Gasteiger partial charge in [-0.15, -0.1) is 0 Å². The zero-order valence-corrected chi connectivity index (χ0v) is 13.7. The van der Waals surface area contributed by atoms with E-state index in [4.69, 9.17) is 0 Å². The minimum absolute atomic E-state index is 0.0713. The summed E-state index contributed by atoms with van der Waals surface area (Å²) in [5, 5.41) is 4.12. The Morgan fingerprint density at radius 1 is 1.13 bits per heavy atom. The first-order chi connectivity index (χ1) is 10.9. The topological polar surface area (TPSA) is 55.2 Å². The van der Waals surface area contributed by atoms with Crippen molar-refractivity contribution in [3.05, 3.63) is 52.8 Å². The third kappa shape index (κ3) is 3.33. The van der Waals surface area contributed by atoms with E-state index in [1.807, 2.05) is 39.2 Å². The Labute approximate surface area is 135 Å². The van der Waals surface area contributed by atoms with Crippen LogP contribution in [-0.4, -0.2) is 26.5 Å². The number of hydrogen-bond acceptors (Lipinski definition) is 3. The molecule has 0 saturated carbocycles. The summed E-state index contributed by atoms with van der Waals surface area (Å²) in [5.41, 5.74) is 4.29. The fourth-order valence-electron chi connectivity index (χ4n) is 3.28. The third-order valence-corrected chi connectivity index (χ3v) is 4.20. The summed E-state index contributed by atoms with van der Waals surface area (Å²) in [6.07, 6.45) is 4.51. The molecule has 1 atom stereocenters. The number of amides is 2. The van der Waals surface area contributed by atoms with Crippen LogP contribution in [-0.2, 0) is 29.6 Å². The van der Waals surface area contributed by atoms with E-state index in [-0.39, 0.29) is 17.7 Å². The second-order valence-electron chi connectivity index (χ2n) is 6.44. The summed E-state index contributed by atoms with van der Waals surface area (Å²) < 4.78 is 1.71.